The minimum absolute atomic E-state index is 0.330. The normalized spacial score (nSPS) is 9.49. The number of isothiocyanates is 1. The summed E-state index contributed by atoms with van der Waals surface area (Å²) in [6.07, 6.45) is 1.89. The summed E-state index contributed by atoms with van der Waals surface area (Å²) in [6, 6.07) is 29.8. The van der Waals surface area contributed by atoms with Crippen LogP contribution in [0, 0.1) is 32.0 Å². The predicted molar refractivity (Wildman–Crippen MR) is 256 cm³/mol. The SMILES string of the molecule is N#CSc1ccc(NC(=S)NCCCCNC(=S)Nc2ccc(N=C=S)cc2)cc1.N#CSc1cccc(NC(=S)NCNC(=S)Nc2cccc(SC#N)c2)c1. The number of benzene rings is 4. The Balaban J connectivity index is 0.000000307. The Bertz CT molecular complexity index is 2070. The minimum Gasteiger partial charge on any atom is -0.362 e. The summed E-state index contributed by atoms with van der Waals surface area (Å²) >= 11 is 29.0. The van der Waals surface area contributed by atoms with Crippen LogP contribution in [0.4, 0.5) is 28.4 Å². The van der Waals surface area contributed by atoms with Gasteiger partial charge in [0.1, 0.15) is 16.2 Å². The van der Waals surface area contributed by atoms with E-state index < -0.39 is 0 Å². The molecular formula is C37H34N12S8. The van der Waals surface area contributed by atoms with Gasteiger partial charge in [-0.3, -0.25) is 0 Å². The fraction of sp³-hybridized carbons (Fsp3) is 0.135. The van der Waals surface area contributed by atoms with E-state index in [1.54, 1.807) is 0 Å². The highest BCUT2D eigenvalue weighted by Crippen LogP contribution is 2.22. The van der Waals surface area contributed by atoms with E-state index in [4.69, 9.17) is 64.7 Å². The molecule has 290 valence electrons. The minimum atomic E-state index is 0.330. The molecule has 0 spiro atoms. The molecule has 0 atom stereocenters. The molecule has 12 nitrogen and oxygen atoms in total. The summed E-state index contributed by atoms with van der Waals surface area (Å²) in [5, 5.41) is 61.2. The number of nitrogens with zero attached hydrogens (tertiary/aromatic N) is 4. The third-order valence-corrected chi connectivity index (χ3v) is 9.60. The second-order valence-electron chi connectivity index (χ2n) is 10.8. The van der Waals surface area contributed by atoms with Gasteiger partial charge < -0.3 is 42.5 Å². The van der Waals surface area contributed by atoms with Crippen LogP contribution in [0.5, 0.6) is 0 Å². The van der Waals surface area contributed by atoms with Crippen molar-refractivity contribution in [3.05, 3.63) is 97.1 Å². The van der Waals surface area contributed by atoms with Gasteiger partial charge in [0, 0.05) is 50.5 Å². The van der Waals surface area contributed by atoms with Crippen LogP contribution in [0.1, 0.15) is 12.8 Å². The third-order valence-electron chi connectivity index (χ3n) is 6.76. The molecule has 0 aliphatic heterocycles. The molecule has 0 saturated carbocycles. The van der Waals surface area contributed by atoms with Crippen molar-refractivity contribution < 1.29 is 0 Å². The van der Waals surface area contributed by atoms with Gasteiger partial charge in [-0.25, -0.2) is 0 Å². The molecule has 4 aromatic rings. The Labute approximate surface area is 371 Å². The first kappa shape index (κ1) is 46.3. The van der Waals surface area contributed by atoms with Gasteiger partial charge in [0.25, 0.3) is 0 Å². The molecule has 0 unspecified atom stereocenters. The Morgan fingerprint density at radius 1 is 0.509 bits per heavy atom. The summed E-state index contributed by atoms with van der Waals surface area (Å²) in [6.45, 7) is 1.86. The van der Waals surface area contributed by atoms with Gasteiger partial charge in [-0.05, 0) is 194 Å². The number of thiocarbonyl (C=S) groups is 5. The van der Waals surface area contributed by atoms with Crippen LogP contribution in [-0.2, 0) is 0 Å². The number of unbranched alkanes of at least 4 members (excludes halogenated alkanes) is 1. The lowest BCUT2D eigenvalue weighted by atomic mass is 10.3. The van der Waals surface area contributed by atoms with Crippen molar-refractivity contribution in [2.75, 3.05) is 41.0 Å². The highest BCUT2D eigenvalue weighted by atomic mass is 32.2. The molecule has 8 N–H and O–H groups in total. The van der Waals surface area contributed by atoms with E-state index in [9.17, 15) is 0 Å². The van der Waals surface area contributed by atoms with E-state index in [0.29, 0.717) is 27.1 Å². The number of hydrogen-bond donors (Lipinski definition) is 8. The highest BCUT2D eigenvalue weighted by molar-refractivity contribution is 8.04. The Hall–Kier alpha value is -5.04. The maximum atomic E-state index is 8.72. The van der Waals surface area contributed by atoms with Crippen molar-refractivity contribution in [2.24, 2.45) is 4.99 Å². The first-order chi connectivity index (χ1) is 27.7. The van der Waals surface area contributed by atoms with Crippen LogP contribution >= 0.6 is 96.4 Å². The van der Waals surface area contributed by atoms with Crippen molar-refractivity contribution in [3.8, 4) is 16.2 Å². The average Bonchev–Trinajstić information content (AvgIpc) is 3.19. The summed E-state index contributed by atoms with van der Waals surface area (Å²) in [5.41, 5.74) is 4.10. The molecular weight excluding hydrogens is 869 g/mol. The molecule has 20 heteroatoms. The largest absolute Gasteiger partial charge is 0.362 e. The van der Waals surface area contributed by atoms with E-state index in [0.717, 1.165) is 104 Å². The predicted octanol–water partition coefficient (Wildman–Crippen LogP) is 9.11. The number of nitrogens with one attached hydrogen (secondary N) is 8. The molecule has 4 aromatic carbocycles. The monoisotopic (exact) mass is 902 g/mol. The van der Waals surface area contributed by atoms with Crippen LogP contribution in [0.25, 0.3) is 0 Å². The molecule has 0 bridgehead atoms. The number of thiocyanates is 3. The third kappa shape index (κ3) is 20.1. The molecule has 4 rings (SSSR count). The smallest absolute Gasteiger partial charge is 0.172 e. The first-order valence-corrected chi connectivity index (χ1v) is 21.1. The van der Waals surface area contributed by atoms with Gasteiger partial charge in [0.2, 0.25) is 0 Å². The van der Waals surface area contributed by atoms with Crippen molar-refractivity contribution in [1.82, 2.24) is 21.3 Å². The quantitative estimate of drug-likeness (QED) is 0.0141. The van der Waals surface area contributed by atoms with Crippen LogP contribution in [0.3, 0.4) is 0 Å². The summed E-state index contributed by atoms with van der Waals surface area (Å²) in [7, 11) is 0. The van der Waals surface area contributed by atoms with E-state index >= 15 is 0 Å². The number of hydrogen-bond acceptors (Lipinski definition) is 12. The lowest BCUT2D eigenvalue weighted by Crippen LogP contribution is -2.40. The summed E-state index contributed by atoms with van der Waals surface area (Å²) in [4.78, 5) is 6.49. The van der Waals surface area contributed by atoms with Crippen LogP contribution in [-0.4, -0.2) is 45.4 Å². The number of aliphatic imine (C=N–C) groups is 1. The van der Waals surface area contributed by atoms with Crippen molar-refractivity contribution >= 4 is 150 Å². The number of nitriles is 3. The van der Waals surface area contributed by atoms with Crippen LogP contribution in [0.15, 0.2) is 117 Å². The Morgan fingerprint density at radius 3 is 1.35 bits per heavy atom. The van der Waals surface area contributed by atoms with Crippen molar-refractivity contribution in [3.63, 3.8) is 0 Å². The Kier molecular flexibility index (Phi) is 22.4. The standard InChI is InChI=1S/C20H20N6S4.C17H14N6S4/c21-13-30-18-9-7-17(8-10-18)26-20(29)23-12-2-1-11-22-19(28)25-16-5-3-15(4-6-16)24-14-27;18-9-26-14-5-1-3-12(7-14)22-16(24)20-11-21-17(25)23-13-4-2-6-15(8-13)27-10-19/h3-10H,1-2,11-12H2,(H2,22,25,28)(H2,23,26,29);1-8H,11H2,(H2,20,22,24)(H2,21,23,25). The highest BCUT2D eigenvalue weighted by Gasteiger charge is 2.03. The van der Waals surface area contributed by atoms with Gasteiger partial charge in [-0.1, -0.05) is 12.1 Å². The zero-order chi connectivity index (χ0) is 41.1. The van der Waals surface area contributed by atoms with E-state index in [-0.39, 0.29) is 0 Å². The van der Waals surface area contributed by atoms with Gasteiger partial charge in [0.05, 0.1) is 17.5 Å². The van der Waals surface area contributed by atoms with E-state index in [2.05, 4.69) is 64.9 Å². The lowest BCUT2D eigenvalue weighted by Gasteiger charge is -2.14. The average molecular weight is 903 g/mol. The molecule has 0 radical (unpaired) electrons. The number of rotatable bonds is 15. The van der Waals surface area contributed by atoms with Gasteiger partial charge in [0.15, 0.2) is 20.4 Å². The van der Waals surface area contributed by atoms with Gasteiger partial charge >= 0.3 is 0 Å². The van der Waals surface area contributed by atoms with Crippen molar-refractivity contribution in [2.45, 2.75) is 27.5 Å². The maximum absolute atomic E-state index is 8.72. The van der Waals surface area contributed by atoms with Gasteiger partial charge in [-0.15, -0.1) is 0 Å². The molecule has 0 heterocycles. The van der Waals surface area contributed by atoms with Crippen LogP contribution < -0.4 is 42.5 Å². The molecule has 0 fully saturated rings. The molecule has 0 aromatic heterocycles. The molecule has 0 amide bonds. The lowest BCUT2D eigenvalue weighted by molar-refractivity contribution is 0.694. The van der Waals surface area contributed by atoms with Crippen LogP contribution in [0.2, 0.25) is 0 Å². The molecule has 0 saturated heterocycles. The number of thioether (sulfide) groups is 3. The van der Waals surface area contributed by atoms with E-state index in [1.165, 1.54) is 0 Å². The Morgan fingerprint density at radius 2 is 0.912 bits per heavy atom. The fourth-order valence-corrected chi connectivity index (χ4v) is 6.45. The fourth-order valence-electron chi connectivity index (χ4n) is 4.27. The molecule has 0 aliphatic carbocycles. The first-order valence-electron chi connectivity index (χ1n) is 16.6. The van der Waals surface area contributed by atoms with Gasteiger partial charge in [-0.2, -0.15) is 20.8 Å². The maximum Gasteiger partial charge on any atom is 0.172 e. The zero-order valence-corrected chi connectivity index (χ0v) is 36.4. The second-order valence-corrected chi connectivity index (χ2v) is 15.2. The van der Waals surface area contributed by atoms with Crippen molar-refractivity contribution in [1.29, 1.82) is 15.8 Å². The topological polar surface area (TPSA) is 180 Å². The summed E-state index contributed by atoms with van der Waals surface area (Å²) in [5.74, 6) is 0. The zero-order valence-electron chi connectivity index (χ0n) is 29.8. The summed E-state index contributed by atoms with van der Waals surface area (Å²) < 4.78 is 0. The van der Waals surface area contributed by atoms with E-state index in [1.807, 2.05) is 113 Å². The molecule has 0 aliphatic rings. The number of anilines is 4. The molecule has 57 heavy (non-hydrogen) atoms. The second kappa shape index (κ2) is 27.5.